The number of fused-ring (bicyclic) bond motifs is 2. The van der Waals surface area contributed by atoms with Gasteiger partial charge in [-0.15, -0.1) is 0 Å². The summed E-state index contributed by atoms with van der Waals surface area (Å²) in [5.41, 5.74) is 1.49. The van der Waals surface area contributed by atoms with Crippen LogP contribution in [0, 0.1) is 0 Å². The quantitative estimate of drug-likeness (QED) is 0.693. The van der Waals surface area contributed by atoms with Crippen molar-refractivity contribution in [1.82, 2.24) is 5.32 Å². The maximum absolute atomic E-state index is 12.3. The Morgan fingerprint density at radius 2 is 1.96 bits per heavy atom. The first-order chi connectivity index (χ1) is 13.1. The van der Waals surface area contributed by atoms with E-state index in [1.807, 2.05) is 18.2 Å². The molecule has 0 aliphatic carbocycles. The summed E-state index contributed by atoms with van der Waals surface area (Å²) >= 11 is 0. The highest BCUT2D eigenvalue weighted by Crippen LogP contribution is 2.29. The minimum Gasteiger partial charge on any atom is -0.484 e. The Hall–Kier alpha value is -3.61. The average molecular weight is 364 g/mol. The van der Waals surface area contributed by atoms with E-state index in [4.69, 9.17) is 9.15 Å². The number of amides is 2. The molecule has 1 aliphatic heterocycles. The van der Waals surface area contributed by atoms with E-state index < -0.39 is 11.7 Å². The number of ether oxygens (including phenoxy) is 1. The Morgan fingerprint density at radius 1 is 1.15 bits per heavy atom. The van der Waals surface area contributed by atoms with Gasteiger partial charge in [-0.1, -0.05) is 18.2 Å². The molecule has 0 fully saturated rings. The molecule has 4 rings (SSSR count). The first-order valence-corrected chi connectivity index (χ1v) is 8.43. The summed E-state index contributed by atoms with van der Waals surface area (Å²) in [5.74, 6) is -0.0858. The van der Waals surface area contributed by atoms with Crippen LogP contribution in [-0.2, 0) is 9.59 Å². The maximum Gasteiger partial charge on any atom is 0.336 e. The van der Waals surface area contributed by atoms with Gasteiger partial charge in [0.05, 0.1) is 12.5 Å². The second kappa shape index (κ2) is 6.95. The lowest BCUT2D eigenvalue weighted by Crippen LogP contribution is -2.37. The fourth-order valence-electron chi connectivity index (χ4n) is 3.06. The van der Waals surface area contributed by atoms with Crippen LogP contribution in [0.4, 0.5) is 5.69 Å². The molecule has 136 valence electrons. The summed E-state index contributed by atoms with van der Waals surface area (Å²) in [6.07, 6.45) is 0.171. The number of anilines is 1. The number of hydrogen-bond donors (Lipinski definition) is 2. The number of carbonyl (C=O) groups is 2. The molecule has 0 radical (unpaired) electrons. The van der Waals surface area contributed by atoms with E-state index in [0.29, 0.717) is 17.0 Å². The molecular weight excluding hydrogens is 348 g/mol. The monoisotopic (exact) mass is 364 g/mol. The second-order valence-electron chi connectivity index (χ2n) is 6.20. The van der Waals surface area contributed by atoms with Crippen molar-refractivity contribution in [3.8, 4) is 5.75 Å². The number of benzene rings is 2. The molecule has 0 saturated carbocycles. The van der Waals surface area contributed by atoms with Crippen molar-refractivity contribution in [3.05, 3.63) is 70.6 Å². The van der Waals surface area contributed by atoms with Crippen molar-refractivity contribution < 1.29 is 18.7 Å². The van der Waals surface area contributed by atoms with Gasteiger partial charge in [-0.25, -0.2) is 4.79 Å². The summed E-state index contributed by atoms with van der Waals surface area (Å²) in [5, 5.41) is 6.37. The highest BCUT2D eigenvalue weighted by atomic mass is 16.5. The Morgan fingerprint density at radius 3 is 2.85 bits per heavy atom. The molecule has 7 nitrogen and oxygen atoms in total. The molecule has 1 unspecified atom stereocenters. The summed E-state index contributed by atoms with van der Waals surface area (Å²) in [4.78, 5) is 35.4. The van der Waals surface area contributed by atoms with Crippen LogP contribution < -0.4 is 21.0 Å². The van der Waals surface area contributed by atoms with Crippen molar-refractivity contribution in [2.45, 2.75) is 12.5 Å². The summed E-state index contributed by atoms with van der Waals surface area (Å²) in [6.45, 7) is -0.219. The van der Waals surface area contributed by atoms with Crippen LogP contribution in [0.3, 0.4) is 0 Å². The highest BCUT2D eigenvalue weighted by molar-refractivity contribution is 5.95. The van der Waals surface area contributed by atoms with Crippen molar-refractivity contribution in [2.75, 3.05) is 11.9 Å². The minimum absolute atomic E-state index is 0.149. The zero-order valence-corrected chi connectivity index (χ0v) is 14.2. The molecule has 27 heavy (non-hydrogen) atoms. The molecular formula is C20H16N2O5. The molecule has 3 aromatic rings. The lowest BCUT2D eigenvalue weighted by molar-refractivity contribution is -0.124. The first kappa shape index (κ1) is 16.8. The van der Waals surface area contributed by atoms with Crippen LogP contribution in [0.25, 0.3) is 11.0 Å². The normalized spacial score (nSPS) is 15.7. The van der Waals surface area contributed by atoms with Gasteiger partial charge in [0.15, 0.2) is 6.61 Å². The minimum atomic E-state index is -0.452. The van der Waals surface area contributed by atoms with E-state index in [-0.39, 0.29) is 24.8 Å². The Kier molecular flexibility index (Phi) is 4.33. The standard InChI is InChI=1S/C20H16N2O5/c23-18-10-16(14-3-1-2-4-15(14)21-18)22-19(24)11-26-13-7-5-12-6-8-20(25)27-17(12)9-13/h1-9,16H,10-11H2,(H,21,23)(H,22,24). The van der Waals surface area contributed by atoms with Crippen molar-refractivity contribution in [2.24, 2.45) is 0 Å². The third-order valence-corrected chi connectivity index (χ3v) is 4.30. The van der Waals surface area contributed by atoms with E-state index in [0.717, 1.165) is 10.9 Å². The largest absolute Gasteiger partial charge is 0.484 e. The van der Waals surface area contributed by atoms with Crippen molar-refractivity contribution in [3.63, 3.8) is 0 Å². The summed E-state index contributed by atoms with van der Waals surface area (Å²) in [7, 11) is 0. The number of hydrogen-bond acceptors (Lipinski definition) is 5. The van der Waals surface area contributed by atoms with Crippen molar-refractivity contribution >= 4 is 28.5 Å². The molecule has 1 atom stereocenters. The van der Waals surface area contributed by atoms with Crippen molar-refractivity contribution in [1.29, 1.82) is 0 Å². The molecule has 0 spiro atoms. The van der Waals surface area contributed by atoms with Gasteiger partial charge in [0, 0.05) is 23.2 Å². The van der Waals surface area contributed by atoms with Gasteiger partial charge < -0.3 is 19.8 Å². The molecule has 1 aromatic heterocycles. The van der Waals surface area contributed by atoms with Gasteiger partial charge in [0.25, 0.3) is 5.91 Å². The van der Waals surface area contributed by atoms with E-state index in [2.05, 4.69) is 10.6 Å². The SMILES string of the molecule is O=C1CC(NC(=O)COc2ccc3ccc(=O)oc3c2)c2ccccc2N1. The zero-order valence-electron chi connectivity index (χ0n) is 14.2. The third kappa shape index (κ3) is 3.67. The molecule has 2 aromatic carbocycles. The highest BCUT2D eigenvalue weighted by Gasteiger charge is 2.26. The average Bonchev–Trinajstić information content (AvgIpc) is 2.66. The van der Waals surface area contributed by atoms with E-state index >= 15 is 0 Å². The fraction of sp³-hybridized carbons (Fsp3) is 0.150. The number of nitrogens with one attached hydrogen (secondary N) is 2. The summed E-state index contributed by atoms with van der Waals surface area (Å²) in [6, 6.07) is 14.9. The Labute approximate surface area is 153 Å². The van der Waals surface area contributed by atoms with Crippen LogP contribution in [0.5, 0.6) is 5.75 Å². The second-order valence-corrected chi connectivity index (χ2v) is 6.20. The summed E-state index contributed by atoms with van der Waals surface area (Å²) < 4.78 is 10.6. The van der Waals surface area contributed by atoms with Gasteiger partial charge in [0.1, 0.15) is 11.3 Å². The molecule has 0 bridgehead atoms. The zero-order chi connectivity index (χ0) is 18.8. The van der Waals surface area contributed by atoms with E-state index in [9.17, 15) is 14.4 Å². The van der Waals surface area contributed by atoms with Gasteiger partial charge in [-0.2, -0.15) is 0 Å². The Bertz CT molecular complexity index is 1090. The molecule has 0 saturated heterocycles. The van der Waals surface area contributed by atoms with E-state index in [1.54, 1.807) is 30.3 Å². The van der Waals surface area contributed by atoms with E-state index in [1.165, 1.54) is 6.07 Å². The first-order valence-electron chi connectivity index (χ1n) is 8.43. The van der Waals surface area contributed by atoms with Crippen LogP contribution in [0.15, 0.2) is 63.8 Å². The number of para-hydroxylation sites is 1. The van der Waals surface area contributed by atoms with Crippen LogP contribution in [0.1, 0.15) is 18.0 Å². The predicted molar refractivity (Wildman–Crippen MR) is 98.6 cm³/mol. The number of carbonyl (C=O) groups excluding carboxylic acids is 2. The molecule has 2 heterocycles. The molecule has 2 amide bonds. The fourth-order valence-corrected chi connectivity index (χ4v) is 3.06. The molecule has 2 N–H and O–H groups in total. The van der Waals surface area contributed by atoms with Gasteiger partial charge >= 0.3 is 5.63 Å². The molecule has 7 heteroatoms. The van der Waals surface area contributed by atoms with Gasteiger partial charge in [-0.3, -0.25) is 9.59 Å². The number of rotatable bonds is 4. The maximum atomic E-state index is 12.3. The smallest absolute Gasteiger partial charge is 0.336 e. The lowest BCUT2D eigenvalue weighted by Gasteiger charge is -2.26. The van der Waals surface area contributed by atoms with Crippen LogP contribution >= 0.6 is 0 Å². The Balaban J connectivity index is 1.43. The topological polar surface area (TPSA) is 97.6 Å². The van der Waals surface area contributed by atoms with Crippen LogP contribution in [-0.4, -0.2) is 18.4 Å². The predicted octanol–water partition coefficient (Wildman–Crippen LogP) is 2.37. The lowest BCUT2D eigenvalue weighted by atomic mass is 9.97. The van der Waals surface area contributed by atoms with Gasteiger partial charge in [0.2, 0.25) is 5.91 Å². The van der Waals surface area contributed by atoms with Crippen LogP contribution in [0.2, 0.25) is 0 Å². The third-order valence-electron chi connectivity index (χ3n) is 4.30. The molecule has 1 aliphatic rings. The van der Waals surface area contributed by atoms with Gasteiger partial charge in [-0.05, 0) is 29.8 Å².